The van der Waals surface area contributed by atoms with Crippen LogP contribution in [-0.4, -0.2) is 47.6 Å². The average Bonchev–Trinajstić information content (AvgIpc) is 2.64. The summed E-state index contributed by atoms with van der Waals surface area (Å²) in [6.07, 6.45) is 1.34. The van der Waals surface area contributed by atoms with Gasteiger partial charge in [0.25, 0.3) is 0 Å². The molecule has 0 amide bonds. The Morgan fingerprint density at radius 3 is 2.12 bits per heavy atom. The number of nitrogens with zero attached hydrogens (tertiary/aromatic N) is 2. The van der Waals surface area contributed by atoms with Crippen LogP contribution in [0.3, 0.4) is 0 Å². The minimum Gasteiger partial charge on any atom is -0.301 e. The van der Waals surface area contributed by atoms with Crippen LogP contribution in [0.25, 0.3) is 0 Å². The van der Waals surface area contributed by atoms with E-state index in [0.29, 0.717) is 11.1 Å². The maximum atomic E-state index is 2.63. The Labute approximate surface area is 102 Å². The van der Waals surface area contributed by atoms with E-state index in [2.05, 4.69) is 58.4 Å². The summed E-state index contributed by atoms with van der Waals surface area (Å²) >= 11 is 0. The summed E-state index contributed by atoms with van der Waals surface area (Å²) in [5, 5.41) is 0. The lowest BCUT2D eigenvalue weighted by atomic mass is 9.85. The predicted molar refractivity (Wildman–Crippen MR) is 71.8 cm³/mol. The second kappa shape index (κ2) is 4.66. The summed E-state index contributed by atoms with van der Waals surface area (Å²) < 4.78 is 0. The summed E-state index contributed by atoms with van der Waals surface area (Å²) in [6.45, 7) is 17.7. The van der Waals surface area contributed by atoms with E-state index in [1.807, 2.05) is 0 Å². The van der Waals surface area contributed by atoms with Crippen molar-refractivity contribution < 1.29 is 0 Å². The average molecular weight is 226 g/mol. The number of rotatable bonds is 3. The summed E-state index contributed by atoms with van der Waals surface area (Å²) in [5.74, 6) is 0.802. The molecule has 2 heteroatoms. The highest BCUT2D eigenvalue weighted by Crippen LogP contribution is 2.34. The fraction of sp³-hybridized carbons (Fsp3) is 1.00. The first-order chi connectivity index (χ1) is 7.19. The summed E-state index contributed by atoms with van der Waals surface area (Å²) in [6, 6.07) is 0. The van der Waals surface area contributed by atoms with Crippen LogP contribution in [0.1, 0.15) is 48.0 Å². The van der Waals surface area contributed by atoms with Crippen LogP contribution in [0.5, 0.6) is 0 Å². The smallest absolute Gasteiger partial charge is 0.0190 e. The standard InChI is InChI=1S/C14H30N2/c1-8-15(7)14(5,6)12-9-10-16(11-12)13(2,3)4/h12H,8-11H2,1-7H3. The van der Waals surface area contributed by atoms with E-state index in [1.54, 1.807) is 0 Å². The van der Waals surface area contributed by atoms with Gasteiger partial charge in [-0.1, -0.05) is 6.92 Å². The third kappa shape index (κ3) is 2.78. The molecule has 0 N–H and O–H groups in total. The largest absolute Gasteiger partial charge is 0.301 e. The summed E-state index contributed by atoms with van der Waals surface area (Å²) in [7, 11) is 2.25. The van der Waals surface area contributed by atoms with Gasteiger partial charge in [-0.25, -0.2) is 0 Å². The van der Waals surface area contributed by atoms with Gasteiger partial charge in [-0.05, 0) is 67.1 Å². The van der Waals surface area contributed by atoms with Gasteiger partial charge < -0.3 is 4.90 Å². The Morgan fingerprint density at radius 2 is 1.75 bits per heavy atom. The molecule has 0 radical (unpaired) electrons. The molecule has 1 unspecified atom stereocenters. The fourth-order valence-electron chi connectivity index (χ4n) is 2.67. The first kappa shape index (κ1) is 14.0. The molecule has 96 valence electrons. The Balaban J connectivity index is 2.66. The maximum Gasteiger partial charge on any atom is 0.0190 e. The molecule has 1 atom stereocenters. The van der Waals surface area contributed by atoms with Gasteiger partial charge in [0, 0.05) is 17.6 Å². The molecule has 0 aromatic heterocycles. The monoisotopic (exact) mass is 226 g/mol. The van der Waals surface area contributed by atoms with Gasteiger partial charge in [-0.15, -0.1) is 0 Å². The Bertz CT molecular complexity index is 227. The van der Waals surface area contributed by atoms with Crippen LogP contribution in [0.4, 0.5) is 0 Å². The maximum absolute atomic E-state index is 2.63. The van der Waals surface area contributed by atoms with Gasteiger partial charge in [-0.3, -0.25) is 4.90 Å². The van der Waals surface area contributed by atoms with Crippen molar-refractivity contribution in [3.63, 3.8) is 0 Å². The minimum absolute atomic E-state index is 0.328. The molecule has 0 bridgehead atoms. The molecule has 1 saturated heterocycles. The lowest BCUT2D eigenvalue weighted by Gasteiger charge is -2.41. The fourth-order valence-corrected chi connectivity index (χ4v) is 2.67. The minimum atomic E-state index is 0.328. The van der Waals surface area contributed by atoms with Crippen LogP contribution in [0.15, 0.2) is 0 Å². The third-order valence-corrected chi connectivity index (χ3v) is 4.59. The Hall–Kier alpha value is -0.0800. The SMILES string of the molecule is CCN(C)C(C)(C)C1CCN(C(C)(C)C)C1. The van der Waals surface area contributed by atoms with E-state index >= 15 is 0 Å². The molecule has 2 nitrogen and oxygen atoms in total. The van der Waals surface area contributed by atoms with Gasteiger partial charge in [-0.2, -0.15) is 0 Å². The molecule has 0 spiro atoms. The molecule has 0 aromatic rings. The molecule has 16 heavy (non-hydrogen) atoms. The molecule has 1 fully saturated rings. The van der Waals surface area contributed by atoms with Crippen molar-refractivity contribution in [2.45, 2.75) is 59.0 Å². The highest BCUT2D eigenvalue weighted by atomic mass is 15.2. The highest BCUT2D eigenvalue weighted by molar-refractivity contribution is 4.95. The lowest BCUT2D eigenvalue weighted by molar-refractivity contribution is 0.0848. The van der Waals surface area contributed by atoms with Crippen molar-refractivity contribution in [3.05, 3.63) is 0 Å². The molecule has 0 saturated carbocycles. The van der Waals surface area contributed by atoms with E-state index < -0.39 is 0 Å². The van der Waals surface area contributed by atoms with Crippen molar-refractivity contribution in [2.75, 3.05) is 26.7 Å². The second-order valence-electron chi connectivity index (χ2n) is 6.77. The van der Waals surface area contributed by atoms with Gasteiger partial charge in [0.2, 0.25) is 0 Å². The van der Waals surface area contributed by atoms with Crippen molar-refractivity contribution in [1.29, 1.82) is 0 Å². The first-order valence-electron chi connectivity index (χ1n) is 6.66. The van der Waals surface area contributed by atoms with E-state index in [4.69, 9.17) is 0 Å². The quantitative estimate of drug-likeness (QED) is 0.730. The molecule has 1 rings (SSSR count). The highest BCUT2D eigenvalue weighted by Gasteiger charge is 2.39. The van der Waals surface area contributed by atoms with Gasteiger partial charge >= 0.3 is 0 Å². The van der Waals surface area contributed by atoms with Gasteiger partial charge in [0.15, 0.2) is 0 Å². The lowest BCUT2D eigenvalue weighted by Crippen LogP contribution is -2.49. The van der Waals surface area contributed by atoms with E-state index in [0.717, 1.165) is 12.5 Å². The van der Waals surface area contributed by atoms with E-state index in [1.165, 1.54) is 19.5 Å². The zero-order valence-corrected chi connectivity index (χ0v) is 12.3. The predicted octanol–water partition coefficient (Wildman–Crippen LogP) is 2.84. The number of hydrogen-bond acceptors (Lipinski definition) is 2. The molecule has 0 aromatic carbocycles. The third-order valence-electron chi connectivity index (χ3n) is 4.59. The molecule has 0 aliphatic carbocycles. The van der Waals surface area contributed by atoms with E-state index in [9.17, 15) is 0 Å². The molecular formula is C14H30N2. The molecule has 1 heterocycles. The van der Waals surface area contributed by atoms with Crippen LogP contribution < -0.4 is 0 Å². The second-order valence-corrected chi connectivity index (χ2v) is 6.77. The topological polar surface area (TPSA) is 6.48 Å². The molecule has 1 aliphatic heterocycles. The van der Waals surface area contributed by atoms with Gasteiger partial charge in [0.1, 0.15) is 0 Å². The molecular weight excluding hydrogens is 196 g/mol. The summed E-state index contributed by atoms with van der Waals surface area (Å²) in [4.78, 5) is 5.12. The van der Waals surface area contributed by atoms with Crippen molar-refractivity contribution >= 4 is 0 Å². The van der Waals surface area contributed by atoms with Crippen LogP contribution >= 0.6 is 0 Å². The van der Waals surface area contributed by atoms with Crippen LogP contribution in [0, 0.1) is 5.92 Å². The molecule has 1 aliphatic rings. The number of likely N-dealkylation sites (tertiary alicyclic amines) is 1. The Morgan fingerprint density at radius 1 is 1.19 bits per heavy atom. The van der Waals surface area contributed by atoms with Crippen molar-refractivity contribution in [3.8, 4) is 0 Å². The number of hydrogen-bond donors (Lipinski definition) is 0. The Kier molecular flexibility index (Phi) is 4.07. The van der Waals surface area contributed by atoms with Gasteiger partial charge in [0.05, 0.1) is 0 Å². The van der Waals surface area contributed by atoms with Crippen LogP contribution in [0.2, 0.25) is 0 Å². The van der Waals surface area contributed by atoms with Crippen molar-refractivity contribution in [2.24, 2.45) is 5.92 Å². The van der Waals surface area contributed by atoms with Crippen LogP contribution in [-0.2, 0) is 0 Å². The zero-order valence-electron chi connectivity index (χ0n) is 12.3. The van der Waals surface area contributed by atoms with E-state index in [-0.39, 0.29) is 0 Å². The first-order valence-corrected chi connectivity index (χ1v) is 6.66. The summed E-state index contributed by atoms with van der Waals surface area (Å²) in [5.41, 5.74) is 0.657. The normalized spacial score (nSPS) is 24.4. The van der Waals surface area contributed by atoms with Crippen molar-refractivity contribution in [1.82, 2.24) is 9.80 Å². The zero-order chi connectivity index (χ0) is 12.6.